The average Bonchev–Trinajstić information content (AvgIpc) is 3.03. The van der Waals surface area contributed by atoms with E-state index < -0.39 is 0 Å². The molecule has 1 N–H and O–H groups in total. The number of amides is 1. The summed E-state index contributed by atoms with van der Waals surface area (Å²) in [6.07, 6.45) is 1.69. The van der Waals surface area contributed by atoms with Gasteiger partial charge in [0.05, 0.1) is 28.8 Å². The highest BCUT2D eigenvalue weighted by Gasteiger charge is 2.25. The van der Waals surface area contributed by atoms with Gasteiger partial charge in [0.1, 0.15) is 0 Å². The molecule has 0 radical (unpaired) electrons. The number of aromatic nitrogens is 4. The second-order valence-corrected chi connectivity index (χ2v) is 8.73. The summed E-state index contributed by atoms with van der Waals surface area (Å²) in [5, 5.41) is 8.54. The first-order valence-electron chi connectivity index (χ1n) is 10.4. The number of rotatable bonds is 6. The first-order chi connectivity index (χ1) is 14.1. The molecule has 30 heavy (non-hydrogen) atoms. The van der Waals surface area contributed by atoms with Crippen LogP contribution in [0.4, 0.5) is 0 Å². The summed E-state index contributed by atoms with van der Waals surface area (Å²) in [7, 11) is 0. The molecular weight excluding hydrogens is 378 g/mol. The van der Waals surface area contributed by atoms with Gasteiger partial charge in [0.25, 0.3) is 5.91 Å². The lowest BCUT2D eigenvalue weighted by Gasteiger charge is -2.20. The zero-order valence-electron chi connectivity index (χ0n) is 18.9. The van der Waals surface area contributed by atoms with Crippen LogP contribution in [0.15, 0.2) is 24.4 Å². The molecule has 3 heterocycles. The summed E-state index contributed by atoms with van der Waals surface area (Å²) in [6.45, 7) is 15.2. The number of nitrogens with zero attached hydrogens (tertiary/aromatic N) is 4. The van der Waals surface area contributed by atoms with Crippen molar-refractivity contribution in [2.45, 2.75) is 66.5 Å². The van der Waals surface area contributed by atoms with Gasteiger partial charge in [0.2, 0.25) is 5.88 Å². The maximum absolute atomic E-state index is 13.2. The molecule has 160 valence electrons. The number of carbonyl (C=O) groups excluding carboxylic acids is 1. The molecule has 3 aromatic rings. The summed E-state index contributed by atoms with van der Waals surface area (Å²) in [5.74, 6) is 0.606. The fraction of sp³-hybridized carbons (Fsp3) is 0.478. The van der Waals surface area contributed by atoms with E-state index in [1.807, 2.05) is 36.7 Å². The second-order valence-electron chi connectivity index (χ2n) is 8.73. The summed E-state index contributed by atoms with van der Waals surface area (Å²) in [5.41, 5.74) is 3.72. The topological polar surface area (TPSA) is 81.9 Å². The van der Waals surface area contributed by atoms with E-state index in [4.69, 9.17) is 14.8 Å². The van der Waals surface area contributed by atoms with Crippen LogP contribution in [0.1, 0.15) is 74.8 Å². The first-order valence-corrected chi connectivity index (χ1v) is 10.4. The van der Waals surface area contributed by atoms with E-state index in [0.29, 0.717) is 24.6 Å². The summed E-state index contributed by atoms with van der Waals surface area (Å²) >= 11 is 0. The predicted molar refractivity (Wildman–Crippen MR) is 118 cm³/mol. The Morgan fingerprint density at radius 2 is 2.00 bits per heavy atom. The van der Waals surface area contributed by atoms with Crippen LogP contribution >= 0.6 is 0 Å². The van der Waals surface area contributed by atoms with Crippen LogP contribution < -0.4 is 10.1 Å². The molecule has 7 heteroatoms. The predicted octanol–water partition coefficient (Wildman–Crippen LogP) is 4.34. The van der Waals surface area contributed by atoms with Crippen LogP contribution in [0.2, 0.25) is 0 Å². The van der Waals surface area contributed by atoms with Gasteiger partial charge < -0.3 is 10.1 Å². The van der Waals surface area contributed by atoms with E-state index in [0.717, 1.165) is 28.0 Å². The van der Waals surface area contributed by atoms with Crippen molar-refractivity contribution < 1.29 is 9.53 Å². The average molecular weight is 410 g/mol. The van der Waals surface area contributed by atoms with Gasteiger partial charge in [-0.2, -0.15) is 5.10 Å². The molecule has 0 aromatic carbocycles. The highest BCUT2D eigenvalue weighted by atomic mass is 16.5. The van der Waals surface area contributed by atoms with Crippen molar-refractivity contribution in [1.29, 1.82) is 0 Å². The summed E-state index contributed by atoms with van der Waals surface area (Å²) in [4.78, 5) is 22.2. The standard InChI is InChI=1S/C23H31N5O2/c1-8-30-19-11-16(9-10-24-19)13-25-22(29)17-12-18(14(2)3)26-21-20(17)15(4)27-28(21)23(5,6)7/h9-12,14H,8,13H2,1-7H3,(H,25,29). The van der Waals surface area contributed by atoms with E-state index in [-0.39, 0.29) is 17.4 Å². The van der Waals surface area contributed by atoms with Crippen molar-refractivity contribution in [3.63, 3.8) is 0 Å². The molecule has 0 aliphatic heterocycles. The van der Waals surface area contributed by atoms with Gasteiger partial charge in [-0.1, -0.05) is 13.8 Å². The number of nitrogens with one attached hydrogen (secondary N) is 1. The molecule has 0 saturated heterocycles. The van der Waals surface area contributed by atoms with Crippen LogP contribution in [0.5, 0.6) is 5.88 Å². The Hall–Kier alpha value is -2.96. The van der Waals surface area contributed by atoms with Crippen molar-refractivity contribution in [3.8, 4) is 5.88 Å². The fourth-order valence-corrected chi connectivity index (χ4v) is 3.32. The minimum atomic E-state index is -0.240. The number of pyridine rings is 2. The third-order valence-electron chi connectivity index (χ3n) is 4.85. The lowest BCUT2D eigenvalue weighted by Crippen LogP contribution is -2.25. The monoisotopic (exact) mass is 409 g/mol. The van der Waals surface area contributed by atoms with Gasteiger partial charge in [0, 0.05) is 24.5 Å². The van der Waals surface area contributed by atoms with Crippen molar-refractivity contribution in [3.05, 3.63) is 46.9 Å². The fourth-order valence-electron chi connectivity index (χ4n) is 3.32. The number of carbonyl (C=O) groups is 1. The molecule has 0 aliphatic rings. The molecule has 0 saturated carbocycles. The molecule has 0 atom stereocenters. The third kappa shape index (κ3) is 4.45. The molecule has 0 aliphatic carbocycles. The van der Waals surface area contributed by atoms with E-state index >= 15 is 0 Å². The highest BCUT2D eigenvalue weighted by Crippen LogP contribution is 2.29. The third-order valence-corrected chi connectivity index (χ3v) is 4.85. The molecule has 3 aromatic heterocycles. The minimum Gasteiger partial charge on any atom is -0.478 e. The zero-order valence-corrected chi connectivity index (χ0v) is 18.9. The maximum atomic E-state index is 13.2. The Kier molecular flexibility index (Phi) is 6.10. The lowest BCUT2D eigenvalue weighted by molar-refractivity contribution is 0.0952. The molecule has 7 nitrogen and oxygen atoms in total. The smallest absolute Gasteiger partial charge is 0.252 e. The van der Waals surface area contributed by atoms with Crippen molar-refractivity contribution >= 4 is 16.9 Å². The summed E-state index contributed by atoms with van der Waals surface area (Å²) < 4.78 is 7.36. The van der Waals surface area contributed by atoms with Crippen LogP contribution in [0.3, 0.4) is 0 Å². The highest BCUT2D eigenvalue weighted by molar-refractivity contribution is 6.06. The Bertz CT molecular complexity index is 1060. The normalized spacial score (nSPS) is 11.9. The van der Waals surface area contributed by atoms with E-state index in [1.54, 1.807) is 6.20 Å². The number of aryl methyl sites for hydroxylation is 1. The molecule has 1 amide bonds. The zero-order chi connectivity index (χ0) is 22.1. The summed E-state index contributed by atoms with van der Waals surface area (Å²) in [6, 6.07) is 5.60. The molecule has 0 fully saturated rings. The molecule has 0 spiro atoms. The molecule has 3 rings (SSSR count). The van der Waals surface area contributed by atoms with Gasteiger partial charge in [-0.3, -0.25) is 4.79 Å². The van der Waals surface area contributed by atoms with Crippen molar-refractivity contribution in [1.82, 2.24) is 25.1 Å². The van der Waals surface area contributed by atoms with Crippen LogP contribution in [-0.2, 0) is 12.1 Å². The van der Waals surface area contributed by atoms with Crippen LogP contribution in [-0.4, -0.2) is 32.3 Å². The lowest BCUT2D eigenvalue weighted by atomic mass is 10.0. The molecular formula is C23H31N5O2. The van der Waals surface area contributed by atoms with E-state index in [1.165, 1.54) is 0 Å². The van der Waals surface area contributed by atoms with Crippen LogP contribution in [0.25, 0.3) is 11.0 Å². The Morgan fingerprint density at radius 1 is 1.27 bits per heavy atom. The van der Waals surface area contributed by atoms with Gasteiger partial charge in [-0.05, 0) is 58.2 Å². The minimum absolute atomic E-state index is 0.143. The Labute approximate surface area is 177 Å². The second kappa shape index (κ2) is 8.42. The Morgan fingerprint density at radius 3 is 2.63 bits per heavy atom. The van der Waals surface area contributed by atoms with E-state index in [2.05, 4.69) is 44.9 Å². The van der Waals surface area contributed by atoms with Crippen molar-refractivity contribution in [2.75, 3.05) is 6.61 Å². The van der Waals surface area contributed by atoms with E-state index in [9.17, 15) is 4.79 Å². The van der Waals surface area contributed by atoms with Gasteiger partial charge in [-0.25, -0.2) is 14.6 Å². The van der Waals surface area contributed by atoms with Gasteiger partial charge in [0.15, 0.2) is 5.65 Å². The number of hydrogen-bond acceptors (Lipinski definition) is 5. The molecule has 0 unspecified atom stereocenters. The SMILES string of the molecule is CCOc1cc(CNC(=O)c2cc(C(C)C)nc3c2c(C)nn3C(C)(C)C)ccn1. The van der Waals surface area contributed by atoms with Gasteiger partial charge >= 0.3 is 0 Å². The van der Waals surface area contributed by atoms with Crippen molar-refractivity contribution in [2.24, 2.45) is 0 Å². The maximum Gasteiger partial charge on any atom is 0.252 e. The molecule has 0 bridgehead atoms. The number of hydrogen-bond donors (Lipinski definition) is 1. The van der Waals surface area contributed by atoms with Crippen LogP contribution in [0, 0.1) is 6.92 Å². The number of fused-ring (bicyclic) bond motifs is 1. The first kappa shape index (κ1) is 21.7. The Balaban J connectivity index is 1.99. The van der Waals surface area contributed by atoms with Gasteiger partial charge in [-0.15, -0.1) is 0 Å². The number of ether oxygens (including phenoxy) is 1. The quantitative estimate of drug-likeness (QED) is 0.655. The largest absolute Gasteiger partial charge is 0.478 e.